The van der Waals surface area contributed by atoms with Crippen LogP contribution in [-0.2, 0) is 9.59 Å². The van der Waals surface area contributed by atoms with E-state index in [0.29, 0.717) is 0 Å². The van der Waals surface area contributed by atoms with E-state index in [1.165, 1.54) is 25.5 Å². The molecule has 1 saturated carbocycles. The molecule has 1 aliphatic carbocycles. The Hall–Kier alpha value is -2.04. The Morgan fingerprint density at radius 3 is 2.23 bits per heavy atom. The third-order valence-electron chi connectivity index (χ3n) is 5.80. The average molecular weight is 357 g/mol. The SMILES string of the molecule is CC(=O)NC(C(=O)Nc1ccc(N2CCC(C)CC2)cc1)C1CCCC1. The maximum atomic E-state index is 12.7. The number of piperidine rings is 1. The zero-order chi connectivity index (χ0) is 18.5. The summed E-state index contributed by atoms with van der Waals surface area (Å²) in [5.74, 6) is 0.804. The van der Waals surface area contributed by atoms with E-state index in [2.05, 4.69) is 34.6 Å². The van der Waals surface area contributed by atoms with Gasteiger partial charge in [0.2, 0.25) is 11.8 Å². The Kier molecular flexibility index (Phi) is 6.17. The molecule has 5 heteroatoms. The minimum Gasteiger partial charge on any atom is -0.372 e. The smallest absolute Gasteiger partial charge is 0.247 e. The van der Waals surface area contributed by atoms with Gasteiger partial charge in [-0.1, -0.05) is 19.8 Å². The van der Waals surface area contributed by atoms with E-state index in [4.69, 9.17) is 0 Å². The number of amides is 2. The molecule has 1 heterocycles. The lowest BCUT2D eigenvalue weighted by Crippen LogP contribution is -2.47. The van der Waals surface area contributed by atoms with Crippen molar-refractivity contribution in [2.24, 2.45) is 11.8 Å². The van der Waals surface area contributed by atoms with E-state index in [1.54, 1.807) is 0 Å². The number of carbonyl (C=O) groups is 2. The molecule has 1 saturated heterocycles. The zero-order valence-corrected chi connectivity index (χ0v) is 16.0. The summed E-state index contributed by atoms with van der Waals surface area (Å²) < 4.78 is 0. The van der Waals surface area contributed by atoms with Crippen molar-refractivity contribution in [1.29, 1.82) is 0 Å². The fourth-order valence-electron chi connectivity index (χ4n) is 4.15. The molecular formula is C21H31N3O2. The first-order chi connectivity index (χ1) is 12.5. The van der Waals surface area contributed by atoms with E-state index >= 15 is 0 Å². The summed E-state index contributed by atoms with van der Waals surface area (Å²) in [5, 5.41) is 5.84. The predicted octanol–water partition coefficient (Wildman–Crippen LogP) is 3.56. The number of nitrogens with one attached hydrogen (secondary N) is 2. The molecule has 1 aromatic rings. The van der Waals surface area contributed by atoms with E-state index in [9.17, 15) is 9.59 Å². The van der Waals surface area contributed by atoms with Gasteiger partial charge in [0.05, 0.1) is 0 Å². The molecule has 0 radical (unpaired) electrons. The second-order valence-electron chi connectivity index (χ2n) is 7.93. The summed E-state index contributed by atoms with van der Waals surface area (Å²) >= 11 is 0. The lowest BCUT2D eigenvalue weighted by Gasteiger charge is -2.32. The lowest BCUT2D eigenvalue weighted by molar-refractivity contribution is -0.126. The van der Waals surface area contributed by atoms with Crippen LogP contribution in [0.2, 0.25) is 0 Å². The predicted molar refractivity (Wildman–Crippen MR) is 105 cm³/mol. The summed E-state index contributed by atoms with van der Waals surface area (Å²) in [7, 11) is 0. The van der Waals surface area contributed by atoms with Gasteiger partial charge in [-0.15, -0.1) is 0 Å². The molecule has 3 rings (SSSR count). The van der Waals surface area contributed by atoms with Crippen LogP contribution in [0.5, 0.6) is 0 Å². The van der Waals surface area contributed by atoms with E-state index in [1.807, 2.05) is 12.1 Å². The highest BCUT2D eigenvalue weighted by atomic mass is 16.2. The number of anilines is 2. The first kappa shape index (κ1) is 18.7. The van der Waals surface area contributed by atoms with Crippen LogP contribution in [0.3, 0.4) is 0 Å². The van der Waals surface area contributed by atoms with Crippen LogP contribution >= 0.6 is 0 Å². The maximum absolute atomic E-state index is 12.7. The van der Waals surface area contributed by atoms with Gasteiger partial charge in [-0.25, -0.2) is 0 Å². The Bertz CT molecular complexity index is 615. The van der Waals surface area contributed by atoms with Crippen LogP contribution in [0.4, 0.5) is 11.4 Å². The molecule has 2 aliphatic rings. The van der Waals surface area contributed by atoms with Crippen molar-refractivity contribution in [1.82, 2.24) is 5.32 Å². The van der Waals surface area contributed by atoms with Crippen LogP contribution in [0, 0.1) is 11.8 Å². The quantitative estimate of drug-likeness (QED) is 0.847. The highest BCUT2D eigenvalue weighted by Crippen LogP contribution is 2.29. The van der Waals surface area contributed by atoms with Gasteiger partial charge < -0.3 is 15.5 Å². The molecule has 0 bridgehead atoms. The summed E-state index contributed by atoms with van der Waals surface area (Å²) in [4.78, 5) is 26.6. The number of hydrogen-bond acceptors (Lipinski definition) is 3. The minimum atomic E-state index is -0.432. The minimum absolute atomic E-state index is 0.105. The van der Waals surface area contributed by atoms with Crippen LogP contribution in [0.25, 0.3) is 0 Å². The molecule has 2 fully saturated rings. The van der Waals surface area contributed by atoms with Crippen molar-refractivity contribution in [2.75, 3.05) is 23.3 Å². The molecule has 0 aromatic heterocycles. The third kappa shape index (κ3) is 4.77. The Morgan fingerprint density at radius 1 is 1.04 bits per heavy atom. The largest absolute Gasteiger partial charge is 0.372 e. The molecule has 1 aromatic carbocycles. The highest BCUT2D eigenvalue weighted by molar-refractivity contribution is 5.97. The number of nitrogens with zero attached hydrogens (tertiary/aromatic N) is 1. The average Bonchev–Trinajstić information content (AvgIpc) is 3.15. The van der Waals surface area contributed by atoms with Gasteiger partial charge in [0, 0.05) is 31.4 Å². The summed E-state index contributed by atoms with van der Waals surface area (Å²) in [6.45, 7) is 5.98. The van der Waals surface area contributed by atoms with Crippen molar-refractivity contribution in [3.63, 3.8) is 0 Å². The van der Waals surface area contributed by atoms with Crippen molar-refractivity contribution in [3.8, 4) is 0 Å². The van der Waals surface area contributed by atoms with Crippen molar-refractivity contribution >= 4 is 23.2 Å². The first-order valence-corrected chi connectivity index (χ1v) is 9.96. The number of hydrogen-bond donors (Lipinski definition) is 2. The fourth-order valence-corrected chi connectivity index (χ4v) is 4.15. The third-order valence-corrected chi connectivity index (χ3v) is 5.80. The van der Waals surface area contributed by atoms with Crippen LogP contribution < -0.4 is 15.5 Å². The Balaban J connectivity index is 1.61. The second-order valence-corrected chi connectivity index (χ2v) is 7.93. The molecule has 0 spiro atoms. The fraction of sp³-hybridized carbons (Fsp3) is 0.619. The Morgan fingerprint density at radius 2 is 1.65 bits per heavy atom. The van der Waals surface area contributed by atoms with E-state index in [0.717, 1.165) is 50.4 Å². The standard InChI is InChI=1S/C21H31N3O2/c1-15-11-13-24(14-12-15)19-9-7-18(8-10-19)23-21(26)20(22-16(2)25)17-5-3-4-6-17/h7-10,15,17,20H,3-6,11-14H2,1-2H3,(H,22,25)(H,23,26). The topological polar surface area (TPSA) is 61.4 Å². The molecule has 1 atom stereocenters. The van der Waals surface area contributed by atoms with Gasteiger partial charge in [-0.05, 0) is 61.8 Å². The van der Waals surface area contributed by atoms with Crippen LogP contribution in [-0.4, -0.2) is 30.9 Å². The lowest BCUT2D eigenvalue weighted by atomic mass is 9.97. The molecule has 1 unspecified atom stereocenters. The monoisotopic (exact) mass is 357 g/mol. The summed E-state index contributed by atoms with van der Waals surface area (Å²) in [6.07, 6.45) is 6.75. The zero-order valence-electron chi connectivity index (χ0n) is 16.0. The van der Waals surface area contributed by atoms with Crippen LogP contribution in [0.15, 0.2) is 24.3 Å². The molecule has 26 heavy (non-hydrogen) atoms. The van der Waals surface area contributed by atoms with Crippen molar-refractivity contribution in [3.05, 3.63) is 24.3 Å². The van der Waals surface area contributed by atoms with Gasteiger partial charge in [0.15, 0.2) is 0 Å². The summed E-state index contributed by atoms with van der Waals surface area (Å²) in [5.41, 5.74) is 2.00. The van der Waals surface area contributed by atoms with Gasteiger partial charge >= 0.3 is 0 Å². The maximum Gasteiger partial charge on any atom is 0.247 e. The molecular weight excluding hydrogens is 326 g/mol. The highest BCUT2D eigenvalue weighted by Gasteiger charge is 2.31. The summed E-state index contributed by atoms with van der Waals surface area (Å²) in [6, 6.07) is 7.65. The van der Waals surface area contributed by atoms with E-state index in [-0.39, 0.29) is 17.7 Å². The molecule has 2 N–H and O–H groups in total. The normalized spacial score (nSPS) is 20.0. The molecule has 2 amide bonds. The number of benzene rings is 1. The van der Waals surface area contributed by atoms with Gasteiger partial charge in [-0.3, -0.25) is 9.59 Å². The van der Waals surface area contributed by atoms with E-state index < -0.39 is 6.04 Å². The van der Waals surface area contributed by atoms with Gasteiger partial charge in [0.25, 0.3) is 0 Å². The van der Waals surface area contributed by atoms with Crippen LogP contribution in [0.1, 0.15) is 52.4 Å². The number of rotatable bonds is 5. The Labute approximate surface area is 156 Å². The molecule has 5 nitrogen and oxygen atoms in total. The second kappa shape index (κ2) is 8.56. The van der Waals surface area contributed by atoms with Gasteiger partial charge in [-0.2, -0.15) is 0 Å². The number of carbonyl (C=O) groups excluding carboxylic acids is 2. The van der Waals surface area contributed by atoms with Gasteiger partial charge in [0.1, 0.15) is 6.04 Å². The van der Waals surface area contributed by atoms with Crippen molar-refractivity contribution in [2.45, 2.75) is 58.4 Å². The van der Waals surface area contributed by atoms with Crippen molar-refractivity contribution < 1.29 is 9.59 Å². The molecule has 142 valence electrons. The first-order valence-electron chi connectivity index (χ1n) is 9.96. The molecule has 1 aliphatic heterocycles.